The Morgan fingerprint density at radius 3 is 1.23 bits per heavy atom. The van der Waals surface area contributed by atoms with Gasteiger partial charge in [-0.05, 0) is 133 Å². The van der Waals surface area contributed by atoms with Gasteiger partial charge in [-0.15, -0.1) is 45.3 Å². The average molecular weight is 1770 g/mol. The Labute approximate surface area is 707 Å². The van der Waals surface area contributed by atoms with Gasteiger partial charge in [0.25, 0.3) is 0 Å². The van der Waals surface area contributed by atoms with E-state index in [0.717, 1.165) is 169 Å². The van der Waals surface area contributed by atoms with Crippen LogP contribution in [0.25, 0.3) is 0 Å². The lowest BCUT2D eigenvalue weighted by Crippen LogP contribution is -2.48. The number of hydrogen-bond donors (Lipinski definition) is 3. The van der Waals surface area contributed by atoms with E-state index in [2.05, 4.69) is 80.6 Å². The Morgan fingerprint density at radius 1 is 0.442 bits per heavy atom. The number of aromatic nitrogens is 1. The third kappa shape index (κ3) is 30.9. The Hall–Kier alpha value is -8.33. The molecular formula is C85H105F9N4O18S4. The number of furan rings is 1. The summed E-state index contributed by atoms with van der Waals surface area (Å²) in [6, 6.07) is 42.9. The predicted octanol–water partition coefficient (Wildman–Crippen LogP) is 12.0. The first-order valence-electron chi connectivity index (χ1n) is 39.5. The molecule has 660 valence electrons. The largest absolute Gasteiger partial charge is 0.542 e. The molecule has 22 nitrogen and oxygen atoms in total. The van der Waals surface area contributed by atoms with Gasteiger partial charge in [0.1, 0.15) is 49.8 Å². The van der Waals surface area contributed by atoms with Crippen molar-refractivity contribution in [3.05, 3.63) is 210 Å². The van der Waals surface area contributed by atoms with Gasteiger partial charge >= 0.3 is 36.4 Å². The number of unbranched alkanes of at least 4 members (excludes halogenated alkanes) is 4. The number of carboxylic acid groups (broad SMARTS) is 3. The second kappa shape index (κ2) is 46.8. The van der Waals surface area contributed by atoms with E-state index >= 15 is 0 Å². The fourth-order valence-corrected chi connectivity index (χ4v) is 18.0. The maximum atomic E-state index is 13.3. The standard InChI is InChI=1S/C31H42NO4S2.C26H36NO5.C22H27N2O3S2.3C2HF3O2/c1-32(19-8-2-3-9-21-35-22-10-7-15-26-13-5-4-6-14-26)20-18-27(25-32)36-30(33)31(34,28-16-11-23-37-28)29-17-12-24-38-29;1-27(16-18-30-20-21-9-4-2-5-10-21)15-14-23(19-27)32-25(28)26(29,24-13-8-17-31-24)22-11-6-3-7-12-22;1-24(13-6-12-23-10-2-3-11-23)14-9-18(17-24)27-21(25)22(26,19-7-4-15-28-19)20-8-5-16-29-20;3*3-2(4,5)1(6)7/h4-6,11-14,16-17,23-24,27,34H,2-3,7-10,15,18-22,25H2,1H3;2,4-5,8-10,13,17,22-23,29H,3,6-7,11-12,14-16,18-20H2,1H3;2-5,7-8,10-11,15-16,18,26H,6,9,12-14,17H2,1H3;3*(H,6,7)/q3*+1;;;/p-3. The van der Waals surface area contributed by atoms with Gasteiger partial charge in [-0.1, -0.05) is 111 Å². The number of carbonyl (C=O) groups excluding carboxylic acids is 6. The number of ether oxygens (including phenoxy) is 5. The van der Waals surface area contributed by atoms with Crippen molar-refractivity contribution < 1.29 is 140 Å². The monoisotopic (exact) mass is 1770 g/mol. The summed E-state index contributed by atoms with van der Waals surface area (Å²) < 4.78 is 134. The maximum absolute atomic E-state index is 13.3. The molecule has 3 saturated heterocycles. The van der Waals surface area contributed by atoms with Crippen LogP contribution >= 0.6 is 45.3 Å². The molecule has 0 radical (unpaired) electrons. The highest BCUT2D eigenvalue weighted by Gasteiger charge is 2.53. The van der Waals surface area contributed by atoms with E-state index in [-0.39, 0.29) is 24.2 Å². The first-order valence-corrected chi connectivity index (χ1v) is 43.0. The molecule has 2 aromatic carbocycles. The Morgan fingerprint density at radius 2 is 0.833 bits per heavy atom. The summed E-state index contributed by atoms with van der Waals surface area (Å²) in [5, 5.41) is 68.2. The first kappa shape index (κ1) is 98.8. The van der Waals surface area contributed by atoms with Crippen LogP contribution in [-0.4, -0.2) is 206 Å². The van der Waals surface area contributed by atoms with Crippen LogP contribution in [-0.2, 0) is 88.8 Å². The summed E-state index contributed by atoms with van der Waals surface area (Å²) in [5.41, 5.74) is -2.57. The number of aliphatic carboxylic acids is 3. The number of rotatable bonds is 33. The summed E-state index contributed by atoms with van der Waals surface area (Å²) in [4.78, 5) is 68.4. The molecule has 8 aromatic rings. The zero-order valence-electron chi connectivity index (χ0n) is 67.1. The summed E-state index contributed by atoms with van der Waals surface area (Å²) in [5.74, 6) is -10.6. The quantitative estimate of drug-likeness (QED) is 0.0113. The topological polar surface area (TPSA) is 297 Å². The maximum Gasteiger partial charge on any atom is 0.430 e. The van der Waals surface area contributed by atoms with Crippen LogP contribution in [0.2, 0.25) is 0 Å². The predicted molar refractivity (Wildman–Crippen MR) is 425 cm³/mol. The molecular weight excluding hydrogens is 1660 g/mol. The van der Waals surface area contributed by atoms with E-state index < -0.39 is 71.1 Å². The molecule has 6 aromatic heterocycles. The van der Waals surface area contributed by atoms with E-state index in [9.17, 15) is 69.2 Å². The van der Waals surface area contributed by atoms with Crippen molar-refractivity contribution in [1.82, 2.24) is 4.57 Å². The van der Waals surface area contributed by atoms with Crippen molar-refractivity contribution >= 4 is 81.2 Å². The van der Waals surface area contributed by atoms with Crippen molar-refractivity contribution in [2.45, 2.75) is 170 Å². The molecule has 0 amide bonds. The number of esters is 3. The number of nitrogens with zero attached hydrogens (tertiary/aromatic N) is 4. The summed E-state index contributed by atoms with van der Waals surface area (Å²) in [6.45, 7) is 12.2. The van der Waals surface area contributed by atoms with Crippen LogP contribution in [0.5, 0.6) is 0 Å². The molecule has 1 aliphatic carbocycles. The number of quaternary nitrogens is 3. The summed E-state index contributed by atoms with van der Waals surface area (Å²) >= 11 is 5.51. The number of likely N-dealkylation sites (tertiary alicyclic amines) is 3. The molecule has 3 N–H and O–H groups in total. The lowest BCUT2D eigenvalue weighted by molar-refractivity contribution is -0.899. The fraction of sp³-hybridized carbons (Fsp3) is 0.506. The highest BCUT2D eigenvalue weighted by atomic mass is 32.1. The van der Waals surface area contributed by atoms with E-state index in [1.165, 1.54) is 88.4 Å². The van der Waals surface area contributed by atoms with E-state index in [1.54, 1.807) is 36.4 Å². The Kier molecular flexibility index (Phi) is 38.5. The van der Waals surface area contributed by atoms with Gasteiger partial charge in [-0.25, -0.2) is 14.4 Å². The van der Waals surface area contributed by atoms with Gasteiger partial charge in [0.2, 0.25) is 16.8 Å². The number of hydrogen-bond acceptors (Lipinski definition) is 22. The molecule has 35 heteroatoms. The number of carbonyl (C=O) groups is 6. The molecule has 3 aliphatic heterocycles. The highest BCUT2D eigenvalue weighted by molar-refractivity contribution is 7.12. The van der Waals surface area contributed by atoms with Crippen molar-refractivity contribution in [1.29, 1.82) is 0 Å². The Balaban J connectivity index is 0.000000222. The summed E-state index contributed by atoms with van der Waals surface area (Å²) in [6.07, 6.45) is 6.03. The third-order valence-electron chi connectivity index (χ3n) is 21.2. The third-order valence-corrected chi connectivity index (χ3v) is 25.1. The first-order chi connectivity index (χ1) is 56.8. The van der Waals surface area contributed by atoms with Gasteiger partial charge in [-0.2, -0.15) is 39.5 Å². The number of likely N-dealkylation sites (N-methyl/N-ethyl adjacent to an activating group) is 3. The lowest BCUT2D eigenvalue weighted by atomic mass is 9.75. The molecule has 4 aliphatic rings. The number of halogens is 9. The van der Waals surface area contributed by atoms with E-state index in [1.807, 2.05) is 76.1 Å². The van der Waals surface area contributed by atoms with E-state index in [4.69, 9.17) is 57.8 Å². The SMILES string of the molecule is C[N+]1(CCCCCCOCCCCc2ccccc2)CCC(OC(=O)C(O)(c2cccs2)c2cccs2)C1.C[N+]1(CCCn2cccc2)CCC(OC(=O)C(O)(c2cccs2)c2cccs2)C1.C[N+]1(CCOCc2ccccc2)CCC(OC(=O)C(O)(c2ccco2)C2CCCCC2)C1.O=C([O-])C(F)(F)F.O=C([O-])C(F)(F)F.O=C([O-])C(F)(F)F. The number of carboxylic acids is 3. The minimum absolute atomic E-state index is 0.158. The highest BCUT2D eigenvalue weighted by Crippen LogP contribution is 2.43. The molecule has 7 atom stereocenters. The van der Waals surface area contributed by atoms with Crippen LogP contribution in [0.1, 0.15) is 133 Å². The number of aryl methyl sites for hydroxylation is 2. The molecule has 0 spiro atoms. The van der Waals surface area contributed by atoms with Crippen molar-refractivity contribution in [2.24, 2.45) is 5.92 Å². The number of aliphatic hydroxyl groups is 3. The minimum atomic E-state index is -5.19. The number of alkyl halides is 9. The zero-order chi connectivity index (χ0) is 87.7. The smallest absolute Gasteiger partial charge is 0.430 e. The number of thiophene rings is 4. The van der Waals surface area contributed by atoms with Gasteiger partial charge < -0.3 is 91.1 Å². The van der Waals surface area contributed by atoms with Crippen molar-refractivity contribution in [3.8, 4) is 0 Å². The number of benzene rings is 2. The summed E-state index contributed by atoms with van der Waals surface area (Å²) in [7, 11) is 6.67. The van der Waals surface area contributed by atoms with Crippen LogP contribution in [0.15, 0.2) is 178 Å². The van der Waals surface area contributed by atoms with Crippen LogP contribution < -0.4 is 15.3 Å². The van der Waals surface area contributed by atoms with Gasteiger partial charge in [-0.3, -0.25) is 0 Å². The van der Waals surface area contributed by atoms with Crippen molar-refractivity contribution in [2.75, 3.05) is 99.9 Å². The molecule has 9 heterocycles. The molecule has 4 fully saturated rings. The van der Waals surface area contributed by atoms with E-state index in [0.29, 0.717) is 38.5 Å². The van der Waals surface area contributed by atoms with Crippen LogP contribution in [0.3, 0.4) is 0 Å². The molecule has 12 rings (SSSR count). The minimum Gasteiger partial charge on any atom is -0.542 e. The van der Waals surface area contributed by atoms with Gasteiger partial charge in [0.05, 0.1) is 92.9 Å². The molecule has 0 bridgehead atoms. The van der Waals surface area contributed by atoms with Crippen LogP contribution in [0.4, 0.5) is 39.5 Å². The second-order valence-corrected chi connectivity index (χ2v) is 34.5. The zero-order valence-corrected chi connectivity index (χ0v) is 70.3. The van der Waals surface area contributed by atoms with Crippen LogP contribution in [0, 0.1) is 5.92 Å². The Bertz CT molecular complexity index is 4150. The normalized spacial score (nSPS) is 20.4. The average Bonchev–Trinajstić information content (AvgIpc) is 1.53. The van der Waals surface area contributed by atoms with Gasteiger partial charge in [0.15, 0.2) is 18.3 Å². The molecule has 120 heavy (non-hydrogen) atoms. The fourth-order valence-electron chi connectivity index (χ4n) is 14.6. The molecule has 1 saturated carbocycles. The second-order valence-electron chi connectivity index (χ2n) is 30.7. The van der Waals surface area contributed by atoms with Crippen molar-refractivity contribution in [3.63, 3.8) is 0 Å². The lowest BCUT2D eigenvalue weighted by Gasteiger charge is -2.35. The van der Waals surface area contributed by atoms with Gasteiger partial charge in [0, 0.05) is 63.8 Å². The molecule has 7 unspecified atom stereocenters.